The number of Topliss-reactive ketones (excluding diaryl/α,β-unsaturated/α-hetero) is 1. The molecule has 1 aromatic carbocycles. The van der Waals surface area contributed by atoms with Crippen LogP contribution in [0.15, 0.2) is 41.0 Å². The average Bonchev–Trinajstić information content (AvgIpc) is 2.87. The Balaban J connectivity index is 2.13. The van der Waals surface area contributed by atoms with Crippen molar-refractivity contribution in [3.8, 4) is 0 Å². The number of aryl methyl sites for hydroxylation is 1. The molecule has 2 rings (SSSR count). The summed E-state index contributed by atoms with van der Waals surface area (Å²) in [6, 6.07) is 7.66. The number of carbonyl (C=O) groups is 1. The molecule has 0 saturated carbocycles. The number of carbonyl (C=O) groups excluding carboxylic acids is 1. The predicted molar refractivity (Wildman–Crippen MR) is 69.2 cm³/mol. The fourth-order valence-corrected chi connectivity index (χ4v) is 1.88. The van der Waals surface area contributed by atoms with Crippen LogP contribution >= 0.6 is 0 Å². The van der Waals surface area contributed by atoms with Gasteiger partial charge in [0.1, 0.15) is 5.76 Å². The van der Waals surface area contributed by atoms with Crippen LogP contribution in [0.2, 0.25) is 0 Å². The molecule has 0 aliphatic heterocycles. The molecule has 0 radical (unpaired) electrons. The molecule has 0 aliphatic carbocycles. The van der Waals surface area contributed by atoms with Gasteiger partial charge in [-0.05, 0) is 11.6 Å². The number of ketones is 1. The second-order valence-corrected chi connectivity index (χ2v) is 4.13. The maximum atomic E-state index is 12.1. The van der Waals surface area contributed by atoms with Crippen LogP contribution in [0, 0.1) is 10.1 Å². The molecule has 1 aromatic heterocycles. The third-order valence-electron chi connectivity index (χ3n) is 2.88. The average molecular weight is 259 g/mol. The molecule has 0 N–H and O–H groups in total. The number of hydrogen-bond acceptors (Lipinski definition) is 4. The molecule has 0 fully saturated rings. The van der Waals surface area contributed by atoms with Crippen molar-refractivity contribution in [1.82, 2.24) is 0 Å². The van der Waals surface area contributed by atoms with Crippen molar-refractivity contribution in [2.45, 2.75) is 19.8 Å². The van der Waals surface area contributed by atoms with E-state index < -0.39 is 4.92 Å². The summed E-state index contributed by atoms with van der Waals surface area (Å²) in [4.78, 5) is 22.1. The minimum atomic E-state index is -0.461. The monoisotopic (exact) mass is 259 g/mol. The summed E-state index contributed by atoms with van der Waals surface area (Å²) in [7, 11) is 0. The van der Waals surface area contributed by atoms with Crippen molar-refractivity contribution in [2.75, 3.05) is 0 Å². The summed E-state index contributed by atoms with van der Waals surface area (Å²) in [6.45, 7) is 1.92. The Kier molecular flexibility index (Phi) is 3.75. The van der Waals surface area contributed by atoms with Gasteiger partial charge < -0.3 is 4.42 Å². The van der Waals surface area contributed by atoms with Gasteiger partial charge in [-0.2, -0.15) is 0 Å². The van der Waals surface area contributed by atoms with E-state index in [1.54, 1.807) is 18.2 Å². The zero-order chi connectivity index (χ0) is 13.8. The molecule has 0 aliphatic rings. The van der Waals surface area contributed by atoms with E-state index in [1.165, 1.54) is 18.4 Å². The van der Waals surface area contributed by atoms with Crippen molar-refractivity contribution in [1.29, 1.82) is 0 Å². The van der Waals surface area contributed by atoms with Gasteiger partial charge in [-0.3, -0.25) is 14.9 Å². The van der Waals surface area contributed by atoms with Crippen LogP contribution < -0.4 is 0 Å². The molecule has 0 unspecified atom stereocenters. The summed E-state index contributed by atoms with van der Waals surface area (Å²) < 4.78 is 5.21. The van der Waals surface area contributed by atoms with Crippen LogP contribution in [-0.2, 0) is 12.8 Å². The Morgan fingerprint density at radius 3 is 2.53 bits per heavy atom. The largest absolute Gasteiger partial charge is 0.469 e. The van der Waals surface area contributed by atoms with Crippen molar-refractivity contribution in [3.63, 3.8) is 0 Å². The molecule has 2 aromatic rings. The predicted octanol–water partition coefficient (Wildman–Crippen LogP) is 3.18. The van der Waals surface area contributed by atoms with Gasteiger partial charge in [0.05, 0.1) is 16.7 Å². The topological polar surface area (TPSA) is 73.3 Å². The molecule has 0 saturated heterocycles. The van der Waals surface area contributed by atoms with Gasteiger partial charge in [-0.15, -0.1) is 0 Å². The number of nitrogens with zero attached hydrogens (tertiary/aromatic N) is 1. The van der Waals surface area contributed by atoms with Crippen LogP contribution in [0.1, 0.15) is 28.6 Å². The number of benzene rings is 1. The highest BCUT2D eigenvalue weighted by Gasteiger charge is 2.14. The zero-order valence-electron chi connectivity index (χ0n) is 10.5. The Labute approximate surface area is 110 Å². The quantitative estimate of drug-likeness (QED) is 0.469. The highest BCUT2D eigenvalue weighted by molar-refractivity contribution is 5.98. The second-order valence-electron chi connectivity index (χ2n) is 4.13. The van der Waals surface area contributed by atoms with Gasteiger partial charge in [-0.25, -0.2) is 0 Å². The molecule has 0 atom stereocenters. The lowest BCUT2D eigenvalue weighted by Crippen LogP contribution is -2.04. The molecular formula is C14H13NO4. The van der Waals surface area contributed by atoms with E-state index in [-0.39, 0.29) is 17.9 Å². The van der Waals surface area contributed by atoms with Crippen LogP contribution in [0.4, 0.5) is 5.69 Å². The molecule has 5 heteroatoms. The summed E-state index contributed by atoms with van der Waals surface area (Å²) in [6.07, 6.45) is 2.38. The minimum absolute atomic E-state index is 0.0220. The highest BCUT2D eigenvalue weighted by Crippen LogP contribution is 2.17. The second kappa shape index (κ2) is 5.48. The highest BCUT2D eigenvalue weighted by atomic mass is 16.6. The third-order valence-corrected chi connectivity index (χ3v) is 2.88. The fourth-order valence-electron chi connectivity index (χ4n) is 1.88. The molecule has 19 heavy (non-hydrogen) atoms. The van der Waals surface area contributed by atoms with Gasteiger partial charge in [0.2, 0.25) is 0 Å². The van der Waals surface area contributed by atoms with E-state index in [1.807, 2.05) is 6.92 Å². The first kappa shape index (κ1) is 13.0. The number of non-ortho nitro benzene ring substituents is 1. The normalized spacial score (nSPS) is 10.4. The van der Waals surface area contributed by atoms with E-state index >= 15 is 0 Å². The van der Waals surface area contributed by atoms with E-state index in [9.17, 15) is 14.9 Å². The summed E-state index contributed by atoms with van der Waals surface area (Å²) in [5, 5.41) is 10.5. The Morgan fingerprint density at radius 1 is 1.26 bits per heavy atom. The van der Waals surface area contributed by atoms with Crippen molar-refractivity contribution >= 4 is 11.5 Å². The Morgan fingerprint density at radius 2 is 1.95 bits per heavy atom. The first-order chi connectivity index (χ1) is 9.11. The van der Waals surface area contributed by atoms with Gasteiger partial charge >= 0.3 is 0 Å². The third kappa shape index (κ3) is 2.88. The smallest absolute Gasteiger partial charge is 0.269 e. The van der Waals surface area contributed by atoms with E-state index in [0.29, 0.717) is 17.7 Å². The first-order valence-corrected chi connectivity index (χ1v) is 5.94. The lowest BCUT2D eigenvalue weighted by Gasteiger charge is -2.01. The molecule has 0 spiro atoms. The van der Waals surface area contributed by atoms with Gasteiger partial charge in [0.15, 0.2) is 5.78 Å². The number of rotatable bonds is 5. The summed E-state index contributed by atoms with van der Waals surface area (Å²) in [5.41, 5.74) is 1.36. The molecule has 1 heterocycles. The van der Waals surface area contributed by atoms with Gasteiger partial charge in [0.25, 0.3) is 5.69 Å². The molecular weight excluding hydrogens is 246 g/mol. The molecule has 98 valence electrons. The van der Waals surface area contributed by atoms with Crippen LogP contribution in [0.25, 0.3) is 0 Å². The maximum Gasteiger partial charge on any atom is 0.269 e. The van der Waals surface area contributed by atoms with E-state index in [4.69, 9.17) is 4.42 Å². The molecule has 0 bridgehead atoms. The number of furan rings is 1. The van der Waals surface area contributed by atoms with Crippen molar-refractivity contribution in [2.24, 2.45) is 0 Å². The standard InChI is InChI=1S/C14H13NO4/c1-2-14-12(7-8-19-14)13(16)9-10-3-5-11(6-4-10)15(17)18/h3-8H,2,9H2,1H3. The van der Waals surface area contributed by atoms with Crippen LogP contribution in [0.5, 0.6) is 0 Å². The number of nitro benzene ring substituents is 1. The van der Waals surface area contributed by atoms with Crippen molar-refractivity contribution < 1.29 is 14.1 Å². The first-order valence-electron chi connectivity index (χ1n) is 5.94. The van der Waals surface area contributed by atoms with E-state index in [0.717, 1.165) is 5.56 Å². The minimum Gasteiger partial charge on any atom is -0.469 e. The lowest BCUT2D eigenvalue weighted by molar-refractivity contribution is -0.384. The Hall–Kier alpha value is -2.43. The Bertz CT molecular complexity index is 598. The van der Waals surface area contributed by atoms with Crippen LogP contribution in [-0.4, -0.2) is 10.7 Å². The summed E-state index contributed by atoms with van der Waals surface area (Å²) in [5.74, 6) is 0.631. The van der Waals surface area contributed by atoms with Crippen molar-refractivity contribution in [3.05, 3.63) is 63.6 Å². The number of nitro groups is 1. The van der Waals surface area contributed by atoms with Gasteiger partial charge in [-0.1, -0.05) is 19.1 Å². The van der Waals surface area contributed by atoms with Gasteiger partial charge in [0, 0.05) is 25.0 Å². The summed E-state index contributed by atoms with van der Waals surface area (Å²) >= 11 is 0. The maximum absolute atomic E-state index is 12.1. The van der Waals surface area contributed by atoms with E-state index in [2.05, 4.69) is 0 Å². The van der Waals surface area contributed by atoms with Crippen LogP contribution in [0.3, 0.4) is 0 Å². The molecule has 0 amide bonds. The number of hydrogen-bond donors (Lipinski definition) is 0. The zero-order valence-corrected chi connectivity index (χ0v) is 10.5. The fraction of sp³-hybridized carbons (Fsp3) is 0.214. The molecule has 5 nitrogen and oxygen atoms in total. The lowest BCUT2D eigenvalue weighted by atomic mass is 10.0. The SMILES string of the molecule is CCc1occc1C(=O)Cc1ccc([N+](=O)[O-])cc1.